The zero-order valence-electron chi connectivity index (χ0n) is 25.3. The van der Waals surface area contributed by atoms with E-state index in [9.17, 15) is 9.59 Å². The molecule has 0 fully saturated rings. The van der Waals surface area contributed by atoms with Crippen LogP contribution in [0.25, 0.3) is 0 Å². The van der Waals surface area contributed by atoms with Crippen molar-refractivity contribution in [3.8, 4) is 5.75 Å². The van der Waals surface area contributed by atoms with Crippen LogP contribution in [0.5, 0.6) is 5.75 Å². The van der Waals surface area contributed by atoms with Crippen LogP contribution in [-0.2, 0) is 25.8 Å². The molecule has 0 aliphatic carbocycles. The van der Waals surface area contributed by atoms with Gasteiger partial charge in [-0.2, -0.15) is 0 Å². The standard InChI is InChI=1S/C32H46O4S2/c1-20-15-23(19-25(31(8,9)10)28(20)36-27(35)14-13-26(33)34)37-32(11,12)38-24-17-21(29(2,3)4)16-22(18-24)30(5,6)7/h15-19H,13-14H2,1-12H3,(H,33,34). The van der Waals surface area contributed by atoms with Crippen LogP contribution in [0.1, 0.15) is 111 Å². The van der Waals surface area contributed by atoms with Gasteiger partial charge in [0, 0.05) is 15.4 Å². The first kappa shape index (κ1) is 32.3. The lowest BCUT2D eigenvalue weighted by Gasteiger charge is -2.30. The summed E-state index contributed by atoms with van der Waals surface area (Å²) in [6.45, 7) is 26.3. The number of carboxylic acids is 1. The molecule has 2 aromatic rings. The molecule has 0 bridgehead atoms. The molecule has 0 radical (unpaired) electrons. The van der Waals surface area contributed by atoms with E-state index in [1.165, 1.54) is 16.0 Å². The molecule has 0 amide bonds. The first-order chi connectivity index (χ1) is 17.1. The first-order valence-corrected chi connectivity index (χ1v) is 14.8. The van der Waals surface area contributed by atoms with Crippen LogP contribution in [0.2, 0.25) is 0 Å². The number of aliphatic carboxylic acids is 1. The molecule has 0 aliphatic rings. The third kappa shape index (κ3) is 9.37. The van der Waals surface area contributed by atoms with Crippen LogP contribution in [0.4, 0.5) is 0 Å². The molecule has 0 aromatic heterocycles. The minimum Gasteiger partial charge on any atom is -0.481 e. The number of carbonyl (C=O) groups is 2. The van der Waals surface area contributed by atoms with E-state index in [0.29, 0.717) is 5.75 Å². The van der Waals surface area contributed by atoms with Gasteiger partial charge in [0.1, 0.15) is 5.75 Å². The molecule has 0 spiro atoms. The van der Waals surface area contributed by atoms with Crippen molar-refractivity contribution in [1.29, 1.82) is 0 Å². The number of ether oxygens (including phenoxy) is 1. The molecule has 0 saturated heterocycles. The van der Waals surface area contributed by atoms with Crippen molar-refractivity contribution in [2.75, 3.05) is 0 Å². The fraction of sp³-hybridized carbons (Fsp3) is 0.562. The van der Waals surface area contributed by atoms with Gasteiger partial charge in [0.2, 0.25) is 0 Å². The van der Waals surface area contributed by atoms with Crippen LogP contribution in [0.3, 0.4) is 0 Å². The topological polar surface area (TPSA) is 63.6 Å². The maximum absolute atomic E-state index is 12.4. The monoisotopic (exact) mass is 558 g/mol. The molecule has 6 heteroatoms. The van der Waals surface area contributed by atoms with Crippen molar-refractivity contribution in [2.24, 2.45) is 0 Å². The lowest BCUT2D eigenvalue weighted by Crippen LogP contribution is -2.18. The van der Waals surface area contributed by atoms with Gasteiger partial charge in [-0.15, -0.1) is 23.5 Å². The minimum atomic E-state index is -1.01. The quantitative estimate of drug-likeness (QED) is 0.151. The van der Waals surface area contributed by atoms with Crippen LogP contribution < -0.4 is 4.74 Å². The Morgan fingerprint density at radius 1 is 0.711 bits per heavy atom. The van der Waals surface area contributed by atoms with E-state index in [0.717, 1.165) is 16.0 Å². The molecule has 4 nitrogen and oxygen atoms in total. The van der Waals surface area contributed by atoms with Crippen molar-refractivity contribution < 1.29 is 19.4 Å². The SMILES string of the molecule is Cc1cc(SC(C)(C)Sc2cc(C(C)(C)C)cc(C(C)(C)C)c2)cc(C(C)(C)C)c1OC(=O)CCC(=O)O. The van der Waals surface area contributed by atoms with E-state index in [-0.39, 0.29) is 33.2 Å². The number of carboxylic acid groups (broad SMARTS) is 1. The maximum atomic E-state index is 12.4. The average Bonchev–Trinajstić information content (AvgIpc) is 2.71. The second-order valence-corrected chi connectivity index (χ2v) is 17.2. The van der Waals surface area contributed by atoms with E-state index in [1.54, 1.807) is 11.8 Å². The molecular formula is C32H46O4S2. The summed E-state index contributed by atoms with van der Waals surface area (Å²) in [6, 6.07) is 11.2. The Morgan fingerprint density at radius 3 is 1.61 bits per heavy atom. The van der Waals surface area contributed by atoms with E-state index >= 15 is 0 Å². The Kier molecular flexibility index (Phi) is 9.92. The second-order valence-electron chi connectivity index (χ2n) is 13.6. The number of carbonyl (C=O) groups excluding carboxylic acids is 1. The number of aryl methyl sites for hydroxylation is 1. The number of rotatable bonds is 8. The van der Waals surface area contributed by atoms with Gasteiger partial charge in [0.25, 0.3) is 0 Å². The lowest BCUT2D eigenvalue weighted by atomic mass is 9.81. The second kappa shape index (κ2) is 11.7. The molecule has 0 aliphatic heterocycles. The fourth-order valence-electron chi connectivity index (χ4n) is 3.98. The summed E-state index contributed by atoms with van der Waals surface area (Å²) in [5, 5.41) is 8.91. The fourth-order valence-corrected chi connectivity index (χ4v) is 6.64. The van der Waals surface area contributed by atoms with Crippen molar-refractivity contribution in [3.05, 3.63) is 52.6 Å². The van der Waals surface area contributed by atoms with Crippen LogP contribution in [-0.4, -0.2) is 21.1 Å². The van der Waals surface area contributed by atoms with Gasteiger partial charge >= 0.3 is 11.9 Å². The highest BCUT2D eigenvalue weighted by atomic mass is 32.2. The highest BCUT2D eigenvalue weighted by molar-refractivity contribution is 8.18. The Morgan fingerprint density at radius 2 is 1.18 bits per heavy atom. The van der Waals surface area contributed by atoms with Gasteiger partial charge in [0.05, 0.1) is 16.9 Å². The number of hydrogen-bond donors (Lipinski definition) is 1. The number of hydrogen-bond acceptors (Lipinski definition) is 5. The first-order valence-electron chi connectivity index (χ1n) is 13.2. The van der Waals surface area contributed by atoms with Gasteiger partial charge in [-0.3, -0.25) is 9.59 Å². The molecule has 0 atom stereocenters. The number of thioether (sulfide) groups is 2. The van der Waals surface area contributed by atoms with Crippen LogP contribution in [0, 0.1) is 6.92 Å². The normalized spacial score (nSPS) is 12.9. The Hall–Kier alpha value is -1.92. The van der Waals surface area contributed by atoms with Crippen LogP contribution >= 0.6 is 23.5 Å². The Balaban J connectivity index is 2.41. The molecule has 0 unspecified atom stereocenters. The van der Waals surface area contributed by atoms with E-state index in [1.807, 2.05) is 18.7 Å². The molecular weight excluding hydrogens is 512 g/mol. The van der Waals surface area contributed by atoms with Gasteiger partial charge in [-0.05, 0) is 78.0 Å². The van der Waals surface area contributed by atoms with Crippen molar-refractivity contribution >= 4 is 35.5 Å². The summed E-state index contributed by atoms with van der Waals surface area (Å²) < 4.78 is 5.55. The third-order valence-corrected chi connectivity index (χ3v) is 8.61. The zero-order valence-corrected chi connectivity index (χ0v) is 26.9. The lowest BCUT2D eigenvalue weighted by molar-refractivity contribution is -0.142. The van der Waals surface area contributed by atoms with Gasteiger partial charge in [-0.1, -0.05) is 68.4 Å². The molecule has 210 valence electrons. The molecule has 2 aromatic carbocycles. The summed E-state index contributed by atoms with van der Waals surface area (Å²) in [7, 11) is 0. The summed E-state index contributed by atoms with van der Waals surface area (Å²) in [4.78, 5) is 25.6. The highest BCUT2D eigenvalue weighted by Gasteiger charge is 2.28. The third-order valence-electron chi connectivity index (χ3n) is 6.18. The maximum Gasteiger partial charge on any atom is 0.311 e. The highest BCUT2D eigenvalue weighted by Crippen LogP contribution is 2.48. The predicted octanol–water partition coefficient (Wildman–Crippen LogP) is 9.28. The number of esters is 1. The van der Waals surface area contributed by atoms with Gasteiger partial charge in [0.15, 0.2) is 0 Å². The van der Waals surface area contributed by atoms with Crippen LogP contribution in [0.15, 0.2) is 40.1 Å². The average molecular weight is 559 g/mol. The predicted molar refractivity (Wildman–Crippen MR) is 162 cm³/mol. The summed E-state index contributed by atoms with van der Waals surface area (Å²) >= 11 is 3.67. The molecule has 0 saturated carbocycles. The van der Waals surface area contributed by atoms with E-state index in [2.05, 4.69) is 106 Å². The summed E-state index contributed by atoms with van der Waals surface area (Å²) in [5.41, 5.74) is 4.35. The number of benzene rings is 2. The Bertz CT molecular complexity index is 1140. The van der Waals surface area contributed by atoms with Gasteiger partial charge < -0.3 is 9.84 Å². The van der Waals surface area contributed by atoms with Crippen molar-refractivity contribution in [2.45, 2.75) is 126 Å². The minimum absolute atomic E-state index is 0.0598. The molecule has 38 heavy (non-hydrogen) atoms. The smallest absolute Gasteiger partial charge is 0.311 e. The largest absolute Gasteiger partial charge is 0.481 e. The summed E-state index contributed by atoms with van der Waals surface area (Å²) in [6.07, 6.45) is -0.391. The van der Waals surface area contributed by atoms with Crippen molar-refractivity contribution in [1.82, 2.24) is 0 Å². The van der Waals surface area contributed by atoms with Crippen molar-refractivity contribution in [3.63, 3.8) is 0 Å². The van der Waals surface area contributed by atoms with E-state index in [4.69, 9.17) is 9.84 Å². The summed E-state index contributed by atoms with van der Waals surface area (Å²) in [5.74, 6) is -0.995. The molecule has 0 heterocycles. The molecule has 1 N–H and O–H groups in total. The Labute approximate surface area is 238 Å². The zero-order chi connectivity index (χ0) is 29.3. The van der Waals surface area contributed by atoms with E-state index < -0.39 is 11.9 Å². The van der Waals surface area contributed by atoms with Gasteiger partial charge in [-0.25, -0.2) is 0 Å². The molecule has 2 rings (SSSR count).